The van der Waals surface area contributed by atoms with Crippen molar-refractivity contribution in [3.8, 4) is 0 Å². The summed E-state index contributed by atoms with van der Waals surface area (Å²) in [5.74, 6) is 0. The van der Waals surface area contributed by atoms with E-state index >= 15 is 0 Å². The Balaban J connectivity index is 2.86. The van der Waals surface area contributed by atoms with Crippen molar-refractivity contribution in [2.75, 3.05) is 10.2 Å². The van der Waals surface area contributed by atoms with Crippen LogP contribution in [0.5, 0.6) is 0 Å². The topological polar surface area (TPSA) is 83.5 Å². The molecular weight excluding hydrogens is 333 g/mol. The second-order valence-electron chi connectivity index (χ2n) is 2.59. The zero-order valence-corrected chi connectivity index (χ0v) is 10.7. The molecule has 1 aromatic carbocycles. The molecule has 15 heavy (non-hydrogen) atoms. The number of carbonyl (C=O) groups excluding carboxylic acids is 1. The van der Waals surface area contributed by atoms with Crippen LogP contribution >= 0.6 is 0 Å². The predicted molar refractivity (Wildman–Crippen MR) is 51.2 cm³/mol. The molecule has 0 saturated carbocycles. The molecule has 1 aromatic rings. The van der Waals surface area contributed by atoms with Crippen LogP contribution in [0.1, 0.15) is 0 Å². The molecule has 0 aliphatic rings. The van der Waals surface area contributed by atoms with Gasteiger partial charge in [0.2, 0.25) is 0 Å². The van der Waals surface area contributed by atoms with Crippen LogP contribution in [0.15, 0.2) is 29.2 Å². The third kappa shape index (κ3) is 3.76. The van der Waals surface area contributed by atoms with E-state index in [-0.39, 0.29) is 8.81 Å². The van der Waals surface area contributed by atoms with Gasteiger partial charge in [-0.1, -0.05) is 0 Å². The first-order valence-corrected chi connectivity index (χ1v) is 8.49. The molecule has 0 aliphatic heterocycles. The molecule has 0 heterocycles. The second-order valence-corrected chi connectivity index (χ2v) is 6.07. The number of amides is 1. The summed E-state index contributed by atoms with van der Waals surface area (Å²) in [7, 11) is -4.16. The van der Waals surface area contributed by atoms with Gasteiger partial charge in [-0.2, -0.15) is 0 Å². The number of halogens is 1. The van der Waals surface area contributed by atoms with Crippen LogP contribution in [0.2, 0.25) is 0 Å². The van der Waals surface area contributed by atoms with Gasteiger partial charge in [0.1, 0.15) is 0 Å². The summed E-state index contributed by atoms with van der Waals surface area (Å²) in [6, 6.07) is 5.33. The van der Waals surface area contributed by atoms with Gasteiger partial charge < -0.3 is 0 Å². The molecule has 1 rings (SSSR count). The molecule has 0 unspecified atom stereocenters. The van der Waals surface area contributed by atoms with E-state index in [9.17, 15) is 13.2 Å². The summed E-state index contributed by atoms with van der Waals surface area (Å²) in [6.45, 7) is 0. The van der Waals surface area contributed by atoms with Gasteiger partial charge in [0.05, 0.1) is 0 Å². The average molecular weight is 342 g/mol. The van der Waals surface area contributed by atoms with E-state index < -0.39 is 31.3 Å². The molecule has 0 atom stereocenters. The number of benzene rings is 1. The summed E-state index contributed by atoms with van der Waals surface area (Å²) in [6.07, 6.45) is 0. The van der Waals surface area contributed by atoms with Gasteiger partial charge >= 0.3 is 98.1 Å². The predicted octanol–water partition coefficient (Wildman–Crippen LogP) is -1.82. The van der Waals surface area contributed by atoms with Crippen molar-refractivity contribution in [3.05, 3.63) is 24.3 Å². The third-order valence-corrected chi connectivity index (χ3v) is 3.68. The molecule has 0 aliphatic carbocycles. The van der Waals surface area contributed by atoms with Crippen LogP contribution in [0.4, 0.5) is 10.5 Å². The van der Waals surface area contributed by atoms with E-state index in [2.05, 4.69) is 5.32 Å². The standard InChI is InChI=1S/C8H9INO4S/c1-9-8(11)10-6-2-4-7(5-3-6)15(12,13)14/h2-5H,1H3,(H,10,11)(H,12,13,14)/q-1. The molecule has 5 nitrogen and oxygen atoms in total. The fourth-order valence-electron chi connectivity index (χ4n) is 0.871. The van der Waals surface area contributed by atoms with Crippen LogP contribution in [0, 0.1) is 0 Å². The maximum absolute atomic E-state index is 11.0. The first-order chi connectivity index (χ1) is 6.93. The monoisotopic (exact) mass is 342 g/mol. The normalized spacial score (nSPS) is 11.3. The van der Waals surface area contributed by atoms with Crippen molar-refractivity contribution in [1.82, 2.24) is 0 Å². The zero-order chi connectivity index (χ0) is 11.5. The van der Waals surface area contributed by atoms with E-state index in [0.717, 1.165) is 0 Å². The van der Waals surface area contributed by atoms with E-state index in [0.29, 0.717) is 5.69 Å². The molecule has 0 radical (unpaired) electrons. The summed E-state index contributed by atoms with van der Waals surface area (Å²) >= 11 is -0.530. The number of hydrogen-bond donors (Lipinski definition) is 2. The van der Waals surface area contributed by atoms with Gasteiger partial charge in [-0.05, 0) is 0 Å². The number of carbonyl (C=O) groups is 1. The van der Waals surface area contributed by atoms with Crippen LogP contribution in [0.3, 0.4) is 0 Å². The van der Waals surface area contributed by atoms with Crippen molar-refractivity contribution >= 4 is 19.7 Å². The van der Waals surface area contributed by atoms with E-state index in [4.69, 9.17) is 4.55 Å². The van der Waals surface area contributed by atoms with Crippen molar-refractivity contribution in [2.45, 2.75) is 4.90 Å². The number of rotatable bonds is 3. The molecule has 0 aromatic heterocycles. The summed E-state index contributed by atoms with van der Waals surface area (Å²) < 4.78 is 30.0. The van der Waals surface area contributed by atoms with Crippen LogP contribution in [0.25, 0.3) is 0 Å². The number of alkyl halides is 1. The summed E-state index contributed by atoms with van der Waals surface area (Å²) in [4.78, 5) is 12.7. The van der Waals surface area contributed by atoms with Gasteiger partial charge in [-0.15, -0.1) is 0 Å². The van der Waals surface area contributed by atoms with E-state index in [1.807, 2.05) is 4.93 Å². The molecule has 7 heteroatoms. The SMILES string of the molecule is C[I-]C(=O)Nc1ccc(S(=O)(=O)O)cc1. The second kappa shape index (κ2) is 4.90. The van der Waals surface area contributed by atoms with Crippen LogP contribution in [-0.4, -0.2) is 21.8 Å². The van der Waals surface area contributed by atoms with Crippen molar-refractivity contribution in [3.63, 3.8) is 0 Å². The van der Waals surface area contributed by atoms with Crippen molar-refractivity contribution < 1.29 is 39.0 Å². The molecule has 2 N–H and O–H groups in total. The Morgan fingerprint density at radius 1 is 1.33 bits per heavy atom. The Morgan fingerprint density at radius 2 is 1.87 bits per heavy atom. The first-order valence-electron chi connectivity index (χ1n) is 3.81. The fourth-order valence-corrected chi connectivity index (χ4v) is 1.93. The molecule has 0 fully saturated rings. The number of nitrogens with one attached hydrogen (secondary N) is 1. The third-order valence-electron chi connectivity index (χ3n) is 1.57. The summed E-state index contributed by atoms with van der Waals surface area (Å²) in [5.41, 5.74) is 0.522. The van der Waals surface area contributed by atoms with Gasteiger partial charge in [0.25, 0.3) is 0 Å². The Hall–Kier alpha value is -0.670. The average Bonchev–Trinajstić information content (AvgIpc) is 2.17. The maximum atomic E-state index is 11.0. The Bertz CT molecular complexity index is 454. The van der Waals surface area contributed by atoms with Crippen LogP contribution < -0.4 is 26.5 Å². The molecule has 84 valence electrons. The minimum atomic E-state index is -4.16. The van der Waals surface area contributed by atoms with E-state index in [1.54, 1.807) is 0 Å². The first kappa shape index (κ1) is 12.4. The van der Waals surface area contributed by atoms with Gasteiger partial charge in [-0.3, -0.25) is 0 Å². The van der Waals surface area contributed by atoms with E-state index in [1.165, 1.54) is 24.3 Å². The molecule has 1 amide bonds. The molecular formula is C8H9INO4S-. The molecule has 0 saturated heterocycles. The quantitative estimate of drug-likeness (QED) is 0.223. The number of anilines is 1. The Kier molecular flexibility index (Phi) is 4.05. The zero-order valence-electron chi connectivity index (χ0n) is 7.77. The van der Waals surface area contributed by atoms with Gasteiger partial charge in [0.15, 0.2) is 0 Å². The van der Waals surface area contributed by atoms with Crippen molar-refractivity contribution in [2.24, 2.45) is 0 Å². The Morgan fingerprint density at radius 3 is 2.27 bits per heavy atom. The summed E-state index contributed by atoms with van der Waals surface area (Å²) in [5, 5.41) is 2.60. The van der Waals surface area contributed by atoms with Crippen molar-refractivity contribution in [1.29, 1.82) is 0 Å². The number of hydrogen-bond acceptors (Lipinski definition) is 3. The minimum absolute atomic E-state index is 0.0478. The van der Waals surface area contributed by atoms with Gasteiger partial charge in [0, 0.05) is 0 Å². The van der Waals surface area contributed by atoms with Crippen LogP contribution in [-0.2, 0) is 10.1 Å². The molecule has 0 spiro atoms. The molecule has 0 bridgehead atoms. The fraction of sp³-hybridized carbons (Fsp3) is 0.125. The van der Waals surface area contributed by atoms with Gasteiger partial charge in [-0.25, -0.2) is 0 Å². The Labute approximate surface area is 97.9 Å².